The SMILES string of the molecule is COc1cc(-c2cc3c(o2)c(=O)n(-c2cncc4ccccc24)c(=O)n3CC2(C#N)CC2)c(Cl)cc1F. The molecule has 3 aromatic heterocycles. The predicted molar refractivity (Wildman–Crippen MR) is 136 cm³/mol. The molecule has 0 atom stereocenters. The molecule has 0 unspecified atom stereocenters. The van der Waals surface area contributed by atoms with Gasteiger partial charge < -0.3 is 9.15 Å². The van der Waals surface area contributed by atoms with E-state index in [-0.39, 0.29) is 39.7 Å². The van der Waals surface area contributed by atoms with Gasteiger partial charge in [-0.3, -0.25) is 14.3 Å². The van der Waals surface area contributed by atoms with Gasteiger partial charge in [0.1, 0.15) is 5.76 Å². The Hall–Kier alpha value is -4.42. The topological polar surface area (TPSA) is 103 Å². The third-order valence-electron chi connectivity index (χ3n) is 6.77. The molecule has 1 aliphatic carbocycles. The van der Waals surface area contributed by atoms with E-state index in [0.717, 1.165) is 16.0 Å². The molecule has 6 rings (SSSR count). The lowest BCUT2D eigenvalue weighted by atomic mass is 10.1. The van der Waals surface area contributed by atoms with Crippen LogP contribution >= 0.6 is 11.6 Å². The van der Waals surface area contributed by atoms with Crippen LogP contribution in [-0.2, 0) is 6.54 Å². The summed E-state index contributed by atoms with van der Waals surface area (Å²) in [6, 6.07) is 13.5. The molecule has 1 aliphatic rings. The van der Waals surface area contributed by atoms with Crippen molar-refractivity contribution in [3.8, 4) is 28.8 Å². The number of methoxy groups -OCH3 is 1. The van der Waals surface area contributed by atoms with E-state index in [4.69, 9.17) is 20.8 Å². The molecule has 0 saturated heterocycles. The molecule has 1 saturated carbocycles. The summed E-state index contributed by atoms with van der Waals surface area (Å²) in [5.74, 6) is -0.558. The second-order valence-electron chi connectivity index (χ2n) is 9.07. The number of hydrogen-bond donors (Lipinski definition) is 0. The summed E-state index contributed by atoms with van der Waals surface area (Å²) in [5, 5.41) is 11.2. The van der Waals surface area contributed by atoms with Crippen LogP contribution in [0.3, 0.4) is 0 Å². The zero-order valence-electron chi connectivity index (χ0n) is 19.5. The Morgan fingerprint density at radius 1 is 1.22 bits per heavy atom. The first-order valence-electron chi connectivity index (χ1n) is 11.4. The second-order valence-corrected chi connectivity index (χ2v) is 9.48. The first kappa shape index (κ1) is 23.0. The van der Waals surface area contributed by atoms with Crippen molar-refractivity contribution in [1.82, 2.24) is 14.1 Å². The fraction of sp³-hybridized carbons (Fsp3) is 0.185. The molecule has 0 radical (unpaired) electrons. The molecule has 0 amide bonds. The van der Waals surface area contributed by atoms with Crippen molar-refractivity contribution in [3.63, 3.8) is 0 Å². The molecule has 3 heterocycles. The van der Waals surface area contributed by atoms with Gasteiger partial charge in [0.2, 0.25) is 5.58 Å². The molecule has 184 valence electrons. The van der Waals surface area contributed by atoms with Crippen molar-refractivity contribution in [2.45, 2.75) is 19.4 Å². The molecule has 1 fully saturated rings. The fourth-order valence-corrected chi connectivity index (χ4v) is 4.80. The Labute approximate surface area is 213 Å². The van der Waals surface area contributed by atoms with Crippen LogP contribution in [0.5, 0.6) is 5.75 Å². The summed E-state index contributed by atoms with van der Waals surface area (Å²) >= 11 is 6.30. The van der Waals surface area contributed by atoms with Crippen molar-refractivity contribution in [2.75, 3.05) is 7.11 Å². The van der Waals surface area contributed by atoms with E-state index in [0.29, 0.717) is 23.9 Å². The summed E-state index contributed by atoms with van der Waals surface area (Å²) < 4.78 is 27.6. The third kappa shape index (κ3) is 3.60. The first-order chi connectivity index (χ1) is 17.9. The molecular weight excluding hydrogens is 499 g/mol. The van der Waals surface area contributed by atoms with Gasteiger partial charge in [-0.25, -0.2) is 13.8 Å². The maximum Gasteiger partial charge on any atom is 0.336 e. The van der Waals surface area contributed by atoms with Gasteiger partial charge >= 0.3 is 11.2 Å². The number of fused-ring (bicyclic) bond motifs is 2. The number of ether oxygens (including phenoxy) is 1. The molecule has 5 aromatic rings. The summed E-state index contributed by atoms with van der Waals surface area (Å²) in [6.07, 6.45) is 4.37. The molecule has 0 bridgehead atoms. The smallest absolute Gasteiger partial charge is 0.336 e. The van der Waals surface area contributed by atoms with Crippen LogP contribution in [0.15, 0.2) is 68.9 Å². The lowest BCUT2D eigenvalue weighted by molar-refractivity contribution is 0.386. The zero-order chi connectivity index (χ0) is 25.9. The second kappa shape index (κ2) is 8.32. The molecule has 0 aliphatic heterocycles. The minimum atomic E-state index is -0.704. The lowest BCUT2D eigenvalue weighted by Crippen LogP contribution is -2.40. The standard InChI is InChI=1S/C27H18ClFN4O4/c1-36-23-8-17(18(28)9-19(23)29)22-10-20-24(37-22)25(34)33(26(35)32(20)14-27(13-30)6-7-27)21-12-31-11-15-4-2-3-5-16(15)21/h2-5,8-12H,6-7,14H2,1H3. The molecule has 8 nitrogen and oxygen atoms in total. The maximum atomic E-state index is 14.2. The summed E-state index contributed by atoms with van der Waals surface area (Å²) in [7, 11) is 1.32. The first-order valence-corrected chi connectivity index (χ1v) is 11.8. The van der Waals surface area contributed by atoms with Crippen LogP contribution in [0.1, 0.15) is 12.8 Å². The molecule has 0 spiro atoms. The number of hydrogen-bond acceptors (Lipinski definition) is 6. The summed E-state index contributed by atoms with van der Waals surface area (Å²) in [4.78, 5) is 31.8. The summed E-state index contributed by atoms with van der Waals surface area (Å²) in [5.41, 5.74) is -1.31. The van der Waals surface area contributed by atoms with Crippen molar-refractivity contribution in [2.24, 2.45) is 5.41 Å². The van der Waals surface area contributed by atoms with Crippen LogP contribution in [0.2, 0.25) is 5.02 Å². The van der Waals surface area contributed by atoms with E-state index in [9.17, 15) is 19.2 Å². The van der Waals surface area contributed by atoms with E-state index >= 15 is 0 Å². The Balaban J connectivity index is 1.68. The highest BCUT2D eigenvalue weighted by Crippen LogP contribution is 2.46. The highest BCUT2D eigenvalue weighted by atomic mass is 35.5. The molecule has 0 N–H and O–H groups in total. The highest BCUT2D eigenvalue weighted by molar-refractivity contribution is 6.33. The van der Waals surface area contributed by atoms with Crippen LogP contribution in [0, 0.1) is 22.6 Å². The van der Waals surface area contributed by atoms with Gasteiger partial charge in [-0.05, 0) is 25.0 Å². The average molecular weight is 517 g/mol. The van der Waals surface area contributed by atoms with E-state index in [1.165, 1.54) is 30.0 Å². The van der Waals surface area contributed by atoms with Gasteiger partial charge in [-0.2, -0.15) is 5.26 Å². The minimum Gasteiger partial charge on any atom is -0.494 e. The highest BCUT2D eigenvalue weighted by Gasteiger charge is 2.44. The number of benzene rings is 2. The Morgan fingerprint density at radius 3 is 2.73 bits per heavy atom. The third-order valence-corrected chi connectivity index (χ3v) is 7.08. The molecule has 10 heteroatoms. The number of furan rings is 1. The van der Waals surface area contributed by atoms with E-state index in [1.807, 2.05) is 12.1 Å². The number of nitriles is 1. The Bertz CT molecular complexity index is 1890. The van der Waals surface area contributed by atoms with Gasteiger partial charge in [0.05, 0.1) is 41.0 Å². The molecular formula is C27H18ClFN4O4. The van der Waals surface area contributed by atoms with E-state index in [2.05, 4.69) is 11.1 Å². The predicted octanol–water partition coefficient (Wildman–Crippen LogP) is 5.07. The van der Waals surface area contributed by atoms with Gasteiger partial charge in [-0.1, -0.05) is 35.9 Å². The van der Waals surface area contributed by atoms with Crippen LogP contribution in [0.25, 0.3) is 38.9 Å². The largest absolute Gasteiger partial charge is 0.494 e. The number of rotatable bonds is 5. The van der Waals surface area contributed by atoms with E-state index in [1.54, 1.807) is 18.3 Å². The number of halogens is 2. The Morgan fingerprint density at radius 2 is 2.00 bits per heavy atom. The van der Waals surface area contributed by atoms with Crippen LogP contribution in [-0.4, -0.2) is 21.2 Å². The quantitative estimate of drug-likeness (QED) is 0.323. The van der Waals surface area contributed by atoms with Crippen LogP contribution < -0.4 is 16.0 Å². The molecule has 37 heavy (non-hydrogen) atoms. The van der Waals surface area contributed by atoms with Gasteiger partial charge in [0.15, 0.2) is 11.6 Å². The number of pyridine rings is 1. The Kier molecular flexibility index (Phi) is 5.17. The van der Waals surface area contributed by atoms with Crippen molar-refractivity contribution >= 4 is 33.5 Å². The normalized spacial score (nSPS) is 14.1. The zero-order valence-corrected chi connectivity index (χ0v) is 20.3. The lowest BCUT2D eigenvalue weighted by Gasteiger charge is -2.14. The molecule has 2 aromatic carbocycles. The van der Waals surface area contributed by atoms with Crippen molar-refractivity contribution in [1.29, 1.82) is 5.26 Å². The minimum absolute atomic E-state index is 0.0421. The fourth-order valence-electron chi connectivity index (χ4n) is 4.56. The number of nitrogens with zero attached hydrogens (tertiary/aromatic N) is 4. The van der Waals surface area contributed by atoms with Crippen LogP contribution in [0.4, 0.5) is 4.39 Å². The van der Waals surface area contributed by atoms with Crippen molar-refractivity contribution in [3.05, 3.63) is 86.5 Å². The van der Waals surface area contributed by atoms with Gasteiger partial charge in [0.25, 0.3) is 0 Å². The van der Waals surface area contributed by atoms with Gasteiger partial charge in [0, 0.05) is 35.1 Å². The number of aromatic nitrogens is 3. The summed E-state index contributed by atoms with van der Waals surface area (Å²) in [6.45, 7) is 0.0801. The monoisotopic (exact) mass is 516 g/mol. The maximum absolute atomic E-state index is 14.2. The average Bonchev–Trinajstić information content (AvgIpc) is 3.55. The van der Waals surface area contributed by atoms with Crippen molar-refractivity contribution < 1.29 is 13.5 Å². The van der Waals surface area contributed by atoms with E-state index < -0.39 is 22.5 Å². The van der Waals surface area contributed by atoms with Gasteiger partial charge in [-0.15, -0.1) is 0 Å².